The molecule has 1 saturated heterocycles. The fourth-order valence-electron chi connectivity index (χ4n) is 0.976. The summed E-state index contributed by atoms with van der Waals surface area (Å²) in [6.45, 7) is 2.16. The van der Waals surface area contributed by atoms with E-state index in [1.807, 2.05) is 0 Å². The van der Waals surface area contributed by atoms with Crippen molar-refractivity contribution in [2.75, 3.05) is 13.1 Å². The van der Waals surface area contributed by atoms with Gasteiger partial charge in [0.15, 0.2) is 0 Å². The van der Waals surface area contributed by atoms with E-state index in [4.69, 9.17) is 0 Å². The molecule has 1 aliphatic heterocycles. The molecule has 0 aliphatic carbocycles. The standard InChI is InChI=1S/C6H11NO/c8-6-2-1-4-7-5-3-6/h7H,1-5H2/p+1. The fourth-order valence-corrected chi connectivity index (χ4v) is 0.976. The first kappa shape index (κ1) is 5.76. The molecule has 1 heterocycles. The van der Waals surface area contributed by atoms with Crippen molar-refractivity contribution in [3.63, 3.8) is 0 Å². The highest BCUT2D eigenvalue weighted by Gasteiger charge is 2.06. The summed E-state index contributed by atoms with van der Waals surface area (Å²) in [6.07, 6.45) is 2.69. The first-order valence-corrected chi connectivity index (χ1v) is 3.23. The minimum atomic E-state index is 0.443. The summed E-state index contributed by atoms with van der Waals surface area (Å²) in [5.41, 5.74) is 0. The first-order chi connectivity index (χ1) is 3.89. The lowest BCUT2D eigenvalue weighted by molar-refractivity contribution is -0.652. The number of carbonyl (C=O) groups is 1. The summed E-state index contributed by atoms with van der Waals surface area (Å²) in [7, 11) is 0. The quantitative estimate of drug-likeness (QED) is 0.444. The summed E-state index contributed by atoms with van der Waals surface area (Å²) in [6, 6.07) is 0. The average Bonchev–Trinajstić information content (AvgIpc) is 1.94. The van der Waals surface area contributed by atoms with E-state index in [-0.39, 0.29) is 0 Å². The molecule has 0 unspecified atom stereocenters. The number of nitrogens with two attached hydrogens (primary N) is 1. The zero-order chi connectivity index (χ0) is 5.82. The number of ketones is 1. The van der Waals surface area contributed by atoms with E-state index >= 15 is 0 Å². The van der Waals surface area contributed by atoms with E-state index in [1.54, 1.807) is 0 Å². The Balaban J connectivity index is 2.27. The molecule has 0 amide bonds. The van der Waals surface area contributed by atoms with E-state index < -0.39 is 0 Å². The van der Waals surface area contributed by atoms with Crippen LogP contribution in [-0.2, 0) is 4.79 Å². The van der Waals surface area contributed by atoms with Crippen molar-refractivity contribution < 1.29 is 10.1 Å². The van der Waals surface area contributed by atoms with Crippen LogP contribution in [0, 0.1) is 0 Å². The van der Waals surface area contributed by atoms with E-state index in [2.05, 4.69) is 5.32 Å². The van der Waals surface area contributed by atoms with Crippen molar-refractivity contribution in [2.45, 2.75) is 19.3 Å². The van der Waals surface area contributed by atoms with E-state index in [9.17, 15) is 4.79 Å². The van der Waals surface area contributed by atoms with Crippen LogP contribution in [0.3, 0.4) is 0 Å². The maximum atomic E-state index is 10.7. The van der Waals surface area contributed by atoms with E-state index in [1.165, 1.54) is 0 Å². The highest BCUT2D eigenvalue weighted by molar-refractivity contribution is 5.78. The first-order valence-electron chi connectivity index (χ1n) is 3.23. The maximum Gasteiger partial charge on any atom is 0.138 e. The molecule has 46 valence electrons. The molecule has 0 spiro atoms. The lowest BCUT2D eigenvalue weighted by Gasteiger charge is -1.87. The second kappa shape index (κ2) is 2.82. The third kappa shape index (κ3) is 1.62. The number of hydrogen-bond donors (Lipinski definition) is 1. The van der Waals surface area contributed by atoms with Crippen LogP contribution in [0.5, 0.6) is 0 Å². The van der Waals surface area contributed by atoms with Gasteiger partial charge in [0.2, 0.25) is 0 Å². The SMILES string of the molecule is O=C1CCC[NH2+]CC1. The van der Waals surface area contributed by atoms with Gasteiger partial charge in [-0.1, -0.05) is 0 Å². The van der Waals surface area contributed by atoms with Gasteiger partial charge < -0.3 is 5.32 Å². The largest absolute Gasteiger partial charge is 0.346 e. The van der Waals surface area contributed by atoms with Crippen LogP contribution in [0.15, 0.2) is 0 Å². The monoisotopic (exact) mass is 114 g/mol. The van der Waals surface area contributed by atoms with E-state index in [0.717, 1.165) is 32.4 Å². The van der Waals surface area contributed by atoms with Crippen LogP contribution < -0.4 is 5.32 Å². The predicted molar refractivity (Wildman–Crippen MR) is 30.5 cm³/mol. The highest BCUT2D eigenvalue weighted by atomic mass is 16.1. The van der Waals surface area contributed by atoms with Gasteiger partial charge in [0, 0.05) is 12.8 Å². The van der Waals surface area contributed by atoms with Crippen molar-refractivity contribution in [1.29, 1.82) is 0 Å². The lowest BCUT2D eigenvalue weighted by Crippen LogP contribution is -2.83. The van der Waals surface area contributed by atoms with Gasteiger partial charge in [-0.2, -0.15) is 0 Å². The van der Waals surface area contributed by atoms with Crippen LogP contribution >= 0.6 is 0 Å². The molecule has 0 bridgehead atoms. The second-order valence-corrected chi connectivity index (χ2v) is 2.26. The number of hydrogen-bond acceptors (Lipinski definition) is 1. The number of quaternary nitrogens is 1. The topological polar surface area (TPSA) is 33.7 Å². The third-order valence-corrected chi connectivity index (χ3v) is 1.49. The van der Waals surface area contributed by atoms with Crippen molar-refractivity contribution >= 4 is 5.78 Å². The molecule has 1 rings (SSSR count). The molecule has 0 aromatic rings. The molecule has 0 aromatic carbocycles. The average molecular weight is 114 g/mol. The molecule has 1 fully saturated rings. The van der Waals surface area contributed by atoms with Gasteiger partial charge in [-0.05, 0) is 0 Å². The van der Waals surface area contributed by atoms with Gasteiger partial charge in [-0.25, -0.2) is 0 Å². The Morgan fingerprint density at radius 1 is 1.25 bits per heavy atom. The minimum absolute atomic E-state index is 0.443. The second-order valence-electron chi connectivity index (χ2n) is 2.26. The molecule has 8 heavy (non-hydrogen) atoms. The molecule has 1 aliphatic rings. The summed E-state index contributed by atoms with van der Waals surface area (Å²) < 4.78 is 0. The summed E-state index contributed by atoms with van der Waals surface area (Å²) in [5, 5.41) is 2.21. The van der Waals surface area contributed by atoms with Crippen LogP contribution in [0.2, 0.25) is 0 Å². The van der Waals surface area contributed by atoms with Crippen LogP contribution in [-0.4, -0.2) is 18.9 Å². The molecule has 2 nitrogen and oxygen atoms in total. The summed E-state index contributed by atoms with van der Waals surface area (Å²) in [5.74, 6) is 0.443. The van der Waals surface area contributed by atoms with Gasteiger partial charge in [-0.15, -0.1) is 0 Å². The van der Waals surface area contributed by atoms with Crippen molar-refractivity contribution in [3.05, 3.63) is 0 Å². The zero-order valence-corrected chi connectivity index (χ0v) is 5.02. The Labute approximate surface area is 49.3 Å². The fraction of sp³-hybridized carbons (Fsp3) is 0.833. The van der Waals surface area contributed by atoms with Crippen molar-refractivity contribution in [3.8, 4) is 0 Å². The molecule has 0 aromatic heterocycles. The van der Waals surface area contributed by atoms with Crippen molar-refractivity contribution in [2.24, 2.45) is 0 Å². The Morgan fingerprint density at radius 2 is 2.12 bits per heavy atom. The summed E-state index contributed by atoms with van der Waals surface area (Å²) in [4.78, 5) is 10.7. The van der Waals surface area contributed by atoms with Crippen LogP contribution in [0.4, 0.5) is 0 Å². The molecule has 2 N–H and O–H groups in total. The van der Waals surface area contributed by atoms with Gasteiger partial charge >= 0.3 is 0 Å². The Kier molecular flexibility index (Phi) is 2.03. The zero-order valence-electron chi connectivity index (χ0n) is 5.02. The molecule has 2 heteroatoms. The third-order valence-electron chi connectivity index (χ3n) is 1.49. The van der Waals surface area contributed by atoms with Gasteiger partial charge in [-0.3, -0.25) is 4.79 Å². The molecule has 0 saturated carbocycles. The Morgan fingerprint density at radius 3 is 3.00 bits per heavy atom. The smallest absolute Gasteiger partial charge is 0.138 e. The lowest BCUT2D eigenvalue weighted by atomic mass is 10.2. The van der Waals surface area contributed by atoms with Crippen molar-refractivity contribution in [1.82, 2.24) is 0 Å². The van der Waals surface area contributed by atoms with Crippen LogP contribution in [0.1, 0.15) is 19.3 Å². The predicted octanol–water partition coefficient (Wildman–Crippen LogP) is -0.697. The Bertz CT molecular complexity index is 80.5. The highest BCUT2D eigenvalue weighted by Crippen LogP contribution is 1.93. The number of carbonyl (C=O) groups excluding carboxylic acids is 1. The van der Waals surface area contributed by atoms with Gasteiger partial charge in [0.1, 0.15) is 5.78 Å². The number of rotatable bonds is 0. The molecular formula is C6H12NO+. The molecular weight excluding hydrogens is 102 g/mol. The Hall–Kier alpha value is -0.370. The van der Waals surface area contributed by atoms with Gasteiger partial charge in [0.25, 0.3) is 0 Å². The maximum absolute atomic E-state index is 10.7. The van der Waals surface area contributed by atoms with Gasteiger partial charge in [0.05, 0.1) is 19.5 Å². The normalized spacial score (nSPS) is 22.8. The van der Waals surface area contributed by atoms with E-state index in [0.29, 0.717) is 5.78 Å². The minimum Gasteiger partial charge on any atom is -0.346 e. The molecule has 0 radical (unpaired) electrons. The van der Waals surface area contributed by atoms with Crippen LogP contribution in [0.25, 0.3) is 0 Å². The number of Topliss-reactive ketones (excluding diaryl/α,β-unsaturated/α-hetero) is 1. The molecule has 0 atom stereocenters. The summed E-state index contributed by atoms with van der Waals surface area (Å²) >= 11 is 0.